The number of rotatable bonds is 5. The van der Waals surface area contributed by atoms with Crippen molar-refractivity contribution in [1.82, 2.24) is 5.32 Å². The van der Waals surface area contributed by atoms with Crippen molar-refractivity contribution in [2.24, 2.45) is 5.73 Å². The molecule has 0 heterocycles. The van der Waals surface area contributed by atoms with Gasteiger partial charge >= 0.3 is 6.09 Å². The first-order valence-corrected chi connectivity index (χ1v) is 7.15. The molecule has 0 aliphatic rings. The van der Waals surface area contributed by atoms with E-state index in [1.165, 1.54) is 0 Å². The highest BCUT2D eigenvalue weighted by atomic mass is 35.5. The first kappa shape index (κ1) is 17.6. The molecule has 0 spiro atoms. The molecule has 118 valence electrons. The van der Waals surface area contributed by atoms with E-state index in [2.05, 4.69) is 5.32 Å². The van der Waals surface area contributed by atoms with Crippen LogP contribution in [0.2, 0.25) is 5.02 Å². The largest absolute Gasteiger partial charge is 0.495 e. The van der Waals surface area contributed by atoms with Gasteiger partial charge in [-0.2, -0.15) is 0 Å². The normalized spacial score (nSPS) is 12.7. The Morgan fingerprint density at radius 3 is 2.62 bits per heavy atom. The average Bonchev–Trinajstić information content (AvgIpc) is 2.36. The van der Waals surface area contributed by atoms with Gasteiger partial charge in [0.25, 0.3) is 0 Å². The van der Waals surface area contributed by atoms with E-state index in [0.717, 1.165) is 5.56 Å². The predicted octanol–water partition coefficient (Wildman–Crippen LogP) is 2.74. The van der Waals surface area contributed by atoms with E-state index < -0.39 is 11.7 Å². The van der Waals surface area contributed by atoms with Gasteiger partial charge in [0.05, 0.1) is 12.1 Å². The molecule has 1 aromatic rings. The van der Waals surface area contributed by atoms with Crippen LogP contribution in [0.5, 0.6) is 5.75 Å². The Morgan fingerprint density at radius 2 is 2.10 bits per heavy atom. The third-order valence-electron chi connectivity index (χ3n) is 2.72. The number of carbonyl (C=O) groups is 1. The SMILES string of the molecule is COc1c(Cl)cccc1CC(CN)NC(=O)OC(C)(C)C. The van der Waals surface area contributed by atoms with Crippen LogP contribution in [0.3, 0.4) is 0 Å². The van der Waals surface area contributed by atoms with Gasteiger partial charge in [0.1, 0.15) is 11.4 Å². The summed E-state index contributed by atoms with van der Waals surface area (Å²) < 4.78 is 10.5. The summed E-state index contributed by atoms with van der Waals surface area (Å²) in [7, 11) is 1.56. The van der Waals surface area contributed by atoms with Crippen LogP contribution in [0.4, 0.5) is 4.79 Å². The monoisotopic (exact) mass is 314 g/mol. The van der Waals surface area contributed by atoms with Gasteiger partial charge in [0.15, 0.2) is 0 Å². The zero-order valence-electron chi connectivity index (χ0n) is 12.9. The van der Waals surface area contributed by atoms with Crippen LogP contribution < -0.4 is 15.8 Å². The van der Waals surface area contributed by atoms with E-state index in [1.54, 1.807) is 13.2 Å². The van der Waals surface area contributed by atoms with Crippen LogP contribution in [-0.4, -0.2) is 31.4 Å². The second-order valence-electron chi connectivity index (χ2n) is 5.72. The van der Waals surface area contributed by atoms with Gasteiger partial charge < -0.3 is 20.5 Å². The number of hydrogen-bond donors (Lipinski definition) is 2. The van der Waals surface area contributed by atoms with Crippen LogP contribution in [0.1, 0.15) is 26.3 Å². The van der Waals surface area contributed by atoms with Crippen LogP contribution in [0.15, 0.2) is 18.2 Å². The Balaban J connectivity index is 2.75. The highest BCUT2D eigenvalue weighted by Crippen LogP contribution is 2.29. The number of ether oxygens (including phenoxy) is 2. The molecule has 1 amide bonds. The van der Waals surface area contributed by atoms with Gasteiger partial charge in [0, 0.05) is 12.6 Å². The Hall–Kier alpha value is -1.46. The number of halogens is 1. The number of hydrogen-bond acceptors (Lipinski definition) is 4. The fourth-order valence-corrected chi connectivity index (χ4v) is 2.15. The Bertz CT molecular complexity index is 486. The topological polar surface area (TPSA) is 73.6 Å². The van der Waals surface area contributed by atoms with Crippen molar-refractivity contribution in [2.45, 2.75) is 38.8 Å². The number of nitrogens with two attached hydrogens (primary N) is 1. The van der Waals surface area contributed by atoms with Crippen LogP contribution in [-0.2, 0) is 11.2 Å². The van der Waals surface area contributed by atoms with E-state index in [9.17, 15) is 4.79 Å². The Morgan fingerprint density at radius 1 is 1.43 bits per heavy atom. The highest BCUT2D eigenvalue weighted by molar-refractivity contribution is 6.32. The lowest BCUT2D eigenvalue weighted by atomic mass is 10.0. The molecule has 0 fully saturated rings. The van der Waals surface area contributed by atoms with Gasteiger partial charge in [-0.05, 0) is 38.8 Å². The quantitative estimate of drug-likeness (QED) is 0.876. The van der Waals surface area contributed by atoms with E-state index in [1.807, 2.05) is 32.9 Å². The average molecular weight is 315 g/mol. The molecule has 1 aromatic carbocycles. The third kappa shape index (κ3) is 5.81. The maximum Gasteiger partial charge on any atom is 0.407 e. The maximum absolute atomic E-state index is 11.8. The molecule has 6 heteroatoms. The van der Waals surface area contributed by atoms with E-state index in [-0.39, 0.29) is 12.6 Å². The molecule has 5 nitrogen and oxygen atoms in total. The van der Waals surface area contributed by atoms with Crippen LogP contribution >= 0.6 is 11.6 Å². The predicted molar refractivity (Wildman–Crippen MR) is 83.9 cm³/mol. The molecule has 0 saturated heterocycles. The molecule has 0 bridgehead atoms. The highest BCUT2D eigenvalue weighted by Gasteiger charge is 2.20. The summed E-state index contributed by atoms with van der Waals surface area (Å²) in [5, 5.41) is 3.29. The van der Waals surface area contributed by atoms with Crippen molar-refractivity contribution in [1.29, 1.82) is 0 Å². The van der Waals surface area contributed by atoms with Crippen molar-refractivity contribution in [3.8, 4) is 5.75 Å². The summed E-state index contributed by atoms with van der Waals surface area (Å²) >= 11 is 6.08. The molecule has 0 aromatic heterocycles. The van der Waals surface area contributed by atoms with Gasteiger partial charge in [-0.15, -0.1) is 0 Å². The Kier molecular flexibility index (Phi) is 6.30. The number of nitrogens with one attached hydrogen (secondary N) is 1. The Labute approximate surface area is 130 Å². The summed E-state index contributed by atoms with van der Waals surface area (Å²) in [6.45, 7) is 5.72. The molecule has 0 radical (unpaired) electrons. The molecule has 0 aliphatic heterocycles. The van der Waals surface area contributed by atoms with Gasteiger partial charge in [0.2, 0.25) is 0 Å². The molecular formula is C15H23ClN2O3. The van der Waals surface area contributed by atoms with Gasteiger partial charge in [-0.25, -0.2) is 4.79 Å². The van der Waals surface area contributed by atoms with Gasteiger partial charge in [-0.1, -0.05) is 23.7 Å². The second-order valence-corrected chi connectivity index (χ2v) is 6.12. The zero-order chi connectivity index (χ0) is 16.0. The summed E-state index contributed by atoms with van der Waals surface area (Å²) in [5.41, 5.74) is 6.06. The van der Waals surface area contributed by atoms with Crippen molar-refractivity contribution in [3.63, 3.8) is 0 Å². The molecule has 1 unspecified atom stereocenters. The fraction of sp³-hybridized carbons (Fsp3) is 0.533. The smallest absolute Gasteiger partial charge is 0.407 e. The molecule has 3 N–H and O–H groups in total. The lowest BCUT2D eigenvalue weighted by Gasteiger charge is -2.23. The third-order valence-corrected chi connectivity index (χ3v) is 3.02. The van der Waals surface area contributed by atoms with Crippen molar-refractivity contribution >= 4 is 17.7 Å². The zero-order valence-corrected chi connectivity index (χ0v) is 13.7. The number of amides is 1. The first-order chi connectivity index (χ1) is 9.76. The number of methoxy groups -OCH3 is 1. The lowest BCUT2D eigenvalue weighted by molar-refractivity contribution is 0.0505. The molecular weight excluding hydrogens is 292 g/mol. The fourth-order valence-electron chi connectivity index (χ4n) is 1.88. The summed E-state index contributed by atoms with van der Waals surface area (Å²) in [5.74, 6) is 0.601. The second kappa shape index (κ2) is 7.52. The summed E-state index contributed by atoms with van der Waals surface area (Å²) in [6.07, 6.45) is 0.0263. The van der Waals surface area contributed by atoms with E-state index >= 15 is 0 Å². The van der Waals surface area contributed by atoms with Crippen molar-refractivity contribution in [3.05, 3.63) is 28.8 Å². The molecule has 0 aliphatic carbocycles. The van der Waals surface area contributed by atoms with Crippen molar-refractivity contribution in [2.75, 3.05) is 13.7 Å². The number of para-hydroxylation sites is 1. The molecule has 21 heavy (non-hydrogen) atoms. The molecule has 0 saturated carbocycles. The molecule has 1 rings (SSSR count). The number of carbonyl (C=O) groups excluding carboxylic acids is 1. The van der Waals surface area contributed by atoms with Crippen LogP contribution in [0.25, 0.3) is 0 Å². The minimum absolute atomic E-state index is 0.257. The molecule has 1 atom stereocenters. The van der Waals surface area contributed by atoms with Gasteiger partial charge in [-0.3, -0.25) is 0 Å². The first-order valence-electron chi connectivity index (χ1n) is 6.77. The minimum atomic E-state index is -0.545. The van der Waals surface area contributed by atoms with Crippen LogP contribution in [0, 0.1) is 0 Å². The lowest BCUT2D eigenvalue weighted by Crippen LogP contribution is -2.44. The van der Waals surface area contributed by atoms with Crippen molar-refractivity contribution < 1.29 is 14.3 Å². The maximum atomic E-state index is 11.8. The van der Waals surface area contributed by atoms with E-state index in [4.69, 9.17) is 26.8 Å². The number of alkyl carbamates (subject to hydrolysis) is 1. The standard InChI is InChI=1S/C15H23ClN2O3/c1-15(2,3)21-14(19)18-11(9-17)8-10-6-5-7-12(16)13(10)20-4/h5-7,11H,8-9,17H2,1-4H3,(H,18,19). The number of benzene rings is 1. The summed E-state index contributed by atoms with van der Waals surface area (Å²) in [4.78, 5) is 11.8. The minimum Gasteiger partial charge on any atom is -0.495 e. The summed E-state index contributed by atoms with van der Waals surface area (Å²) in [6, 6.07) is 5.22. The van der Waals surface area contributed by atoms with E-state index in [0.29, 0.717) is 17.2 Å².